The summed E-state index contributed by atoms with van der Waals surface area (Å²) in [4.78, 5) is 10.8. The second kappa shape index (κ2) is 11.5. The summed E-state index contributed by atoms with van der Waals surface area (Å²) in [5, 5.41) is 9.78. The first kappa shape index (κ1) is 22.8. The molecule has 2 rings (SSSR count). The third-order valence-electron chi connectivity index (χ3n) is 3.88. The summed E-state index contributed by atoms with van der Waals surface area (Å²) in [5.74, 6) is 0.514. The molecule has 1 unspecified atom stereocenters. The lowest BCUT2D eigenvalue weighted by atomic mass is 10.1. The molecule has 1 aromatic heterocycles. The normalized spacial score (nSPS) is 12.6. The van der Waals surface area contributed by atoms with Gasteiger partial charge in [-0.2, -0.15) is 0 Å². The number of nitrogens with one attached hydrogen (secondary N) is 2. The van der Waals surface area contributed by atoms with Gasteiger partial charge in [-0.25, -0.2) is 9.37 Å². The van der Waals surface area contributed by atoms with Crippen LogP contribution in [0.2, 0.25) is 0 Å². The largest absolute Gasteiger partial charge is 0.356 e. The van der Waals surface area contributed by atoms with Gasteiger partial charge in [0.15, 0.2) is 5.96 Å². The highest BCUT2D eigenvalue weighted by Crippen LogP contribution is 2.18. The smallest absolute Gasteiger partial charge is 0.191 e. The van der Waals surface area contributed by atoms with Crippen LogP contribution in [0.5, 0.6) is 0 Å². The molecule has 5 nitrogen and oxygen atoms in total. The molecule has 0 aliphatic rings. The molecular weight excluding hydrogens is 464 g/mol. The molecule has 0 radical (unpaired) electrons. The van der Waals surface area contributed by atoms with Crippen LogP contribution in [0.3, 0.4) is 0 Å². The molecular formula is C18H27FIN5S. The van der Waals surface area contributed by atoms with Gasteiger partial charge in [0.25, 0.3) is 0 Å². The molecule has 0 saturated carbocycles. The predicted molar refractivity (Wildman–Crippen MR) is 118 cm³/mol. The summed E-state index contributed by atoms with van der Waals surface area (Å²) in [6, 6.07) is 6.77. The van der Waals surface area contributed by atoms with Crippen molar-refractivity contribution in [2.75, 3.05) is 34.2 Å². The maximum absolute atomic E-state index is 13.5. The average molecular weight is 491 g/mol. The van der Waals surface area contributed by atoms with Crippen molar-refractivity contribution >= 4 is 41.3 Å². The van der Waals surface area contributed by atoms with Crippen molar-refractivity contribution in [2.45, 2.75) is 19.4 Å². The topological polar surface area (TPSA) is 52.6 Å². The Labute approximate surface area is 176 Å². The van der Waals surface area contributed by atoms with Gasteiger partial charge in [-0.05, 0) is 38.7 Å². The predicted octanol–water partition coefficient (Wildman–Crippen LogP) is 3.22. The highest BCUT2D eigenvalue weighted by Gasteiger charge is 2.15. The van der Waals surface area contributed by atoms with Crippen LogP contribution >= 0.6 is 35.3 Å². The molecule has 0 aliphatic carbocycles. The maximum atomic E-state index is 13.5. The van der Waals surface area contributed by atoms with E-state index in [4.69, 9.17) is 0 Å². The number of aryl methyl sites for hydroxylation is 1. The van der Waals surface area contributed by atoms with Gasteiger partial charge in [0, 0.05) is 31.9 Å². The number of guanidine groups is 1. The van der Waals surface area contributed by atoms with Crippen LogP contribution in [0, 0.1) is 12.7 Å². The third kappa shape index (κ3) is 7.16. The van der Waals surface area contributed by atoms with Gasteiger partial charge >= 0.3 is 0 Å². The van der Waals surface area contributed by atoms with Crippen molar-refractivity contribution in [3.63, 3.8) is 0 Å². The Kier molecular flexibility index (Phi) is 10.0. The van der Waals surface area contributed by atoms with Crippen molar-refractivity contribution in [3.05, 3.63) is 51.7 Å². The van der Waals surface area contributed by atoms with E-state index in [1.54, 1.807) is 30.5 Å². The molecule has 1 aromatic carbocycles. The average Bonchev–Trinajstić information content (AvgIpc) is 2.98. The lowest BCUT2D eigenvalue weighted by Crippen LogP contribution is -2.42. The van der Waals surface area contributed by atoms with Crippen LogP contribution in [0.4, 0.5) is 4.39 Å². The van der Waals surface area contributed by atoms with Gasteiger partial charge in [0.05, 0.1) is 16.7 Å². The minimum atomic E-state index is -0.217. The van der Waals surface area contributed by atoms with Crippen molar-refractivity contribution in [1.82, 2.24) is 20.5 Å². The van der Waals surface area contributed by atoms with E-state index in [-0.39, 0.29) is 35.8 Å². The molecule has 8 heteroatoms. The molecule has 1 atom stereocenters. The molecule has 0 spiro atoms. The highest BCUT2D eigenvalue weighted by molar-refractivity contribution is 14.0. The number of likely N-dealkylation sites (N-methyl/N-ethyl adjacent to an activating group) is 1. The molecule has 2 N–H and O–H groups in total. The Morgan fingerprint density at radius 2 is 2.12 bits per heavy atom. The summed E-state index contributed by atoms with van der Waals surface area (Å²) in [6.07, 6.45) is 0.853. The first-order chi connectivity index (χ1) is 12.0. The highest BCUT2D eigenvalue weighted by atomic mass is 127. The minimum Gasteiger partial charge on any atom is -0.356 e. The van der Waals surface area contributed by atoms with E-state index >= 15 is 0 Å². The van der Waals surface area contributed by atoms with Crippen LogP contribution in [0.15, 0.2) is 34.6 Å². The quantitative estimate of drug-likeness (QED) is 0.355. The Bertz CT molecular complexity index is 704. The van der Waals surface area contributed by atoms with Gasteiger partial charge in [0.1, 0.15) is 5.82 Å². The number of hydrogen-bond donors (Lipinski definition) is 2. The fourth-order valence-corrected chi connectivity index (χ4v) is 3.21. The second-order valence-electron chi connectivity index (χ2n) is 6.02. The zero-order chi connectivity index (χ0) is 18.2. The zero-order valence-corrected chi connectivity index (χ0v) is 18.8. The van der Waals surface area contributed by atoms with E-state index in [1.165, 1.54) is 6.07 Å². The van der Waals surface area contributed by atoms with Crippen LogP contribution in [0.25, 0.3) is 0 Å². The number of thiazole rings is 1. The molecule has 0 saturated heterocycles. The number of nitrogens with zero attached hydrogens (tertiary/aromatic N) is 3. The summed E-state index contributed by atoms with van der Waals surface area (Å²) in [6.45, 7) is 3.40. The molecule has 1 heterocycles. The van der Waals surface area contributed by atoms with Crippen molar-refractivity contribution in [3.8, 4) is 0 Å². The maximum Gasteiger partial charge on any atom is 0.191 e. The van der Waals surface area contributed by atoms with Crippen LogP contribution in [-0.4, -0.2) is 50.1 Å². The SMILES string of the molecule is CN=C(NCCc1csc(C)n1)NCC(c1cccc(F)c1)N(C)C.I. The van der Waals surface area contributed by atoms with Gasteiger partial charge in [-0.15, -0.1) is 35.3 Å². The van der Waals surface area contributed by atoms with E-state index in [0.29, 0.717) is 6.54 Å². The monoisotopic (exact) mass is 491 g/mol. The van der Waals surface area contributed by atoms with E-state index < -0.39 is 0 Å². The Morgan fingerprint density at radius 3 is 2.69 bits per heavy atom. The Morgan fingerprint density at radius 1 is 1.35 bits per heavy atom. The molecule has 0 fully saturated rings. The Balaban J connectivity index is 0.00000338. The van der Waals surface area contributed by atoms with Crippen LogP contribution in [-0.2, 0) is 6.42 Å². The fourth-order valence-electron chi connectivity index (χ4n) is 2.56. The standard InChI is InChI=1S/C18H26FN5S.HI/c1-13-23-16(12-25-13)8-9-21-18(20-2)22-11-17(24(3)4)14-6-5-7-15(19)10-14;/h5-7,10,12,17H,8-9,11H2,1-4H3,(H2,20,21,22);1H. The Hall–Kier alpha value is -1.26. The van der Waals surface area contributed by atoms with Gasteiger partial charge in [-0.1, -0.05) is 12.1 Å². The lowest BCUT2D eigenvalue weighted by molar-refractivity contribution is 0.297. The number of hydrogen-bond acceptors (Lipinski definition) is 4. The van der Waals surface area contributed by atoms with Crippen LogP contribution in [0.1, 0.15) is 22.3 Å². The second-order valence-corrected chi connectivity index (χ2v) is 7.08. The molecule has 0 bridgehead atoms. The van der Waals surface area contributed by atoms with Gasteiger partial charge < -0.3 is 15.5 Å². The van der Waals surface area contributed by atoms with Crippen molar-refractivity contribution in [2.24, 2.45) is 4.99 Å². The van der Waals surface area contributed by atoms with E-state index in [1.807, 2.05) is 27.1 Å². The molecule has 0 aliphatic heterocycles. The van der Waals surface area contributed by atoms with E-state index in [2.05, 4.69) is 30.9 Å². The molecule has 26 heavy (non-hydrogen) atoms. The number of aliphatic imine (C=N–C) groups is 1. The molecule has 2 aromatic rings. The first-order valence-corrected chi connectivity index (χ1v) is 9.15. The molecule has 144 valence electrons. The van der Waals surface area contributed by atoms with E-state index in [9.17, 15) is 4.39 Å². The zero-order valence-electron chi connectivity index (χ0n) is 15.6. The lowest BCUT2D eigenvalue weighted by Gasteiger charge is -2.26. The fraction of sp³-hybridized carbons (Fsp3) is 0.444. The minimum absolute atomic E-state index is 0. The number of halogens is 2. The number of aromatic nitrogens is 1. The van der Waals surface area contributed by atoms with Crippen molar-refractivity contribution < 1.29 is 4.39 Å². The first-order valence-electron chi connectivity index (χ1n) is 8.27. The number of benzene rings is 1. The summed E-state index contributed by atoms with van der Waals surface area (Å²) < 4.78 is 13.5. The van der Waals surface area contributed by atoms with Crippen molar-refractivity contribution in [1.29, 1.82) is 0 Å². The number of rotatable bonds is 7. The third-order valence-corrected chi connectivity index (χ3v) is 4.71. The summed E-state index contributed by atoms with van der Waals surface area (Å²) in [7, 11) is 5.71. The van der Waals surface area contributed by atoms with E-state index in [0.717, 1.165) is 35.2 Å². The summed E-state index contributed by atoms with van der Waals surface area (Å²) >= 11 is 1.66. The van der Waals surface area contributed by atoms with Crippen LogP contribution < -0.4 is 10.6 Å². The summed E-state index contributed by atoms with van der Waals surface area (Å²) in [5.41, 5.74) is 2.03. The van der Waals surface area contributed by atoms with Gasteiger partial charge in [-0.3, -0.25) is 4.99 Å². The molecule has 0 amide bonds. The van der Waals surface area contributed by atoms with Gasteiger partial charge in [0.2, 0.25) is 0 Å².